The van der Waals surface area contributed by atoms with Gasteiger partial charge < -0.3 is 9.30 Å². The summed E-state index contributed by atoms with van der Waals surface area (Å²) in [5.41, 5.74) is 3.20. The lowest BCUT2D eigenvalue weighted by Crippen LogP contribution is -2.20. The Morgan fingerprint density at radius 1 is 1.47 bits per heavy atom. The number of aryl methyl sites for hydroxylation is 2. The Bertz CT molecular complexity index is 640. The average Bonchev–Trinajstić information content (AvgIpc) is 2.55. The van der Waals surface area contributed by atoms with Crippen LogP contribution in [0.3, 0.4) is 0 Å². The van der Waals surface area contributed by atoms with Crippen LogP contribution in [-0.2, 0) is 16.1 Å². The van der Waals surface area contributed by atoms with Crippen LogP contribution in [0.2, 0.25) is 0 Å². The van der Waals surface area contributed by atoms with Crippen molar-refractivity contribution in [2.75, 3.05) is 7.11 Å². The second-order valence-electron chi connectivity index (χ2n) is 4.00. The van der Waals surface area contributed by atoms with Gasteiger partial charge in [-0.2, -0.15) is 0 Å². The summed E-state index contributed by atoms with van der Waals surface area (Å²) >= 11 is 1.38. The maximum absolute atomic E-state index is 11.3. The number of aromatic nitrogens is 1. The topological polar surface area (TPSA) is 55.1 Å². The minimum atomic E-state index is -0.330. The van der Waals surface area contributed by atoms with Gasteiger partial charge in [0.05, 0.1) is 17.3 Å². The molecule has 0 atom stereocenters. The van der Waals surface area contributed by atoms with Gasteiger partial charge in [-0.25, -0.2) is 0 Å². The fraction of sp³-hybridized carbons (Fsp3) is 0.333. The number of thiazole rings is 1. The van der Waals surface area contributed by atoms with Gasteiger partial charge >= 0.3 is 5.97 Å². The number of rotatable bonds is 2. The van der Waals surface area contributed by atoms with Gasteiger partial charge in [0, 0.05) is 0 Å². The van der Waals surface area contributed by atoms with Crippen molar-refractivity contribution in [1.82, 2.24) is 4.57 Å². The molecule has 0 spiro atoms. The molecule has 2 aromatic rings. The molecule has 0 amide bonds. The second-order valence-corrected chi connectivity index (χ2v) is 5.03. The summed E-state index contributed by atoms with van der Waals surface area (Å²) < 4.78 is 7.39. The number of hydrogen-bond acceptors (Lipinski definition) is 4. The standard InChI is InChI=1S/C12H14N2O2S/c1-7-4-8(2)11-9(5-7)17-12(13)14(11)6-10(15)16-3/h4-5,13H,6H2,1-3H3. The molecule has 0 bridgehead atoms. The summed E-state index contributed by atoms with van der Waals surface area (Å²) in [6.45, 7) is 4.12. The SMILES string of the molecule is COC(=O)Cn1c(=N)sc2cc(C)cc(C)c21. The molecule has 0 saturated carbocycles. The average molecular weight is 250 g/mol. The van der Waals surface area contributed by atoms with Crippen molar-refractivity contribution in [3.63, 3.8) is 0 Å². The van der Waals surface area contributed by atoms with E-state index in [1.54, 1.807) is 4.57 Å². The Hall–Kier alpha value is -1.62. The molecule has 0 unspecified atom stereocenters. The maximum atomic E-state index is 11.3. The normalized spacial score (nSPS) is 10.8. The van der Waals surface area contributed by atoms with Gasteiger partial charge in [0.1, 0.15) is 6.54 Å². The first-order valence-corrected chi connectivity index (χ1v) is 6.06. The van der Waals surface area contributed by atoms with Crippen LogP contribution in [0.5, 0.6) is 0 Å². The molecule has 17 heavy (non-hydrogen) atoms. The van der Waals surface area contributed by atoms with Gasteiger partial charge in [-0.1, -0.05) is 17.4 Å². The van der Waals surface area contributed by atoms with Gasteiger partial charge in [0.15, 0.2) is 4.80 Å². The van der Waals surface area contributed by atoms with Gasteiger partial charge in [0.2, 0.25) is 0 Å². The molecule has 90 valence electrons. The van der Waals surface area contributed by atoms with E-state index in [1.807, 2.05) is 19.9 Å². The summed E-state index contributed by atoms with van der Waals surface area (Å²) in [7, 11) is 1.36. The number of esters is 1. The molecular weight excluding hydrogens is 236 g/mol. The predicted molar refractivity (Wildman–Crippen MR) is 67.2 cm³/mol. The number of hydrogen-bond donors (Lipinski definition) is 1. The van der Waals surface area contributed by atoms with Gasteiger partial charge in [-0.05, 0) is 31.0 Å². The maximum Gasteiger partial charge on any atom is 0.325 e. The van der Waals surface area contributed by atoms with Gasteiger partial charge in [0.25, 0.3) is 0 Å². The third kappa shape index (κ3) is 2.10. The summed E-state index contributed by atoms with van der Waals surface area (Å²) in [6.07, 6.45) is 0. The lowest BCUT2D eigenvalue weighted by Gasteiger charge is -2.06. The quantitative estimate of drug-likeness (QED) is 0.828. The zero-order chi connectivity index (χ0) is 12.6. The van der Waals surface area contributed by atoms with E-state index in [0.29, 0.717) is 4.80 Å². The highest BCUT2D eigenvalue weighted by molar-refractivity contribution is 7.16. The molecule has 1 heterocycles. The van der Waals surface area contributed by atoms with Crippen LogP contribution >= 0.6 is 11.3 Å². The largest absolute Gasteiger partial charge is 0.468 e. The molecule has 0 aliphatic heterocycles. The smallest absolute Gasteiger partial charge is 0.325 e. The van der Waals surface area contributed by atoms with Crippen LogP contribution in [0, 0.1) is 19.3 Å². The Balaban J connectivity index is 2.67. The third-order valence-corrected chi connectivity index (χ3v) is 3.59. The lowest BCUT2D eigenvalue weighted by atomic mass is 10.1. The van der Waals surface area contributed by atoms with E-state index < -0.39 is 0 Å². The van der Waals surface area contributed by atoms with E-state index in [4.69, 9.17) is 5.41 Å². The van der Waals surface area contributed by atoms with Crippen LogP contribution in [0.1, 0.15) is 11.1 Å². The molecule has 0 saturated heterocycles. The zero-order valence-corrected chi connectivity index (χ0v) is 10.9. The first-order valence-electron chi connectivity index (χ1n) is 5.25. The molecule has 0 aliphatic carbocycles. The zero-order valence-electron chi connectivity index (χ0n) is 10.0. The first-order chi connectivity index (χ1) is 8.02. The number of nitrogens with zero attached hydrogens (tertiary/aromatic N) is 1. The molecule has 1 aromatic heterocycles. The number of ether oxygens (including phenoxy) is 1. The number of methoxy groups -OCH3 is 1. The number of carbonyl (C=O) groups excluding carboxylic acids is 1. The number of carbonyl (C=O) groups is 1. The lowest BCUT2D eigenvalue weighted by molar-refractivity contribution is -0.141. The van der Waals surface area contributed by atoms with E-state index in [1.165, 1.54) is 24.0 Å². The predicted octanol–water partition coefficient (Wildman–Crippen LogP) is 1.97. The molecule has 1 aromatic carbocycles. The molecule has 2 rings (SSSR count). The first kappa shape index (κ1) is 11.9. The van der Waals surface area contributed by atoms with Crippen molar-refractivity contribution >= 4 is 27.5 Å². The van der Waals surface area contributed by atoms with Crippen LogP contribution in [0.15, 0.2) is 12.1 Å². The highest BCUT2D eigenvalue weighted by Gasteiger charge is 2.11. The van der Waals surface area contributed by atoms with Crippen LogP contribution < -0.4 is 4.80 Å². The van der Waals surface area contributed by atoms with E-state index in [9.17, 15) is 4.79 Å². The molecule has 1 N–H and O–H groups in total. The van der Waals surface area contributed by atoms with Crippen molar-refractivity contribution in [3.05, 3.63) is 28.1 Å². The molecular formula is C12H14N2O2S. The summed E-state index contributed by atoms with van der Waals surface area (Å²) in [6, 6.07) is 4.10. The molecule has 0 aliphatic rings. The Kier molecular flexibility index (Phi) is 3.02. The summed E-state index contributed by atoms with van der Waals surface area (Å²) in [5.74, 6) is -0.330. The van der Waals surface area contributed by atoms with Gasteiger partial charge in [-0.15, -0.1) is 0 Å². The Labute approximate surface area is 103 Å². The highest BCUT2D eigenvalue weighted by atomic mass is 32.1. The van der Waals surface area contributed by atoms with E-state index in [2.05, 4.69) is 10.8 Å². The fourth-order valence-corrected chi connectivity index (χ4v) is 3.04. The highest BCUT2D eigenvalue weighted by Crippen LogP contribution is 2.22. The molecule has 4 nitrogen and oxygen atoms in total. The van der Waals surface area contributed by atoms with Crippen molar-refractivity contribution in [2.24, 2.45) is 0 Å². The van der Waals surface area contributed by atoms with Crippen LogP contribution in [0.25, 0.3) is 10.2 Å². The molecule has 0 radical (unpaired) electrons. The molecule has 0 fully saturated rings. The summed E-state index contributed by atoms with van der Waals surface area (Å²) in [4.78, 5) is 11.7. The van der Waals surface area contributed by atoms with E-state index in [0.717, 1.165) is 15.8 Å². The van der Waals surface area contributed by atoms with Crippen molar-refractivity contribution in [3.8, 4) is 0 Å². The fourth-order valence-electron chi connectivity index (χ4n) is 1.95. The van der Waals surface area contributed by atoms with E-state index >= 15 is 0 Å². The Morgan fingerprint density at radius 2 is 2.18 bits per heavy atom. The minimum Gasteiger partial charge on any atom is -0.468 e. The monoisotopic (exact) mass is 250 g/mol. The number of benzene rings is 1. The number of nitrogens with one attached hydrogen (secondary N) is 1. The van der Waals surface area contributed by atoms with Crippen molar-refractivity contribution in [1.29, 1.82) is 5.41 Å². The van der Waals surface area contributed by atoms with Crippen LogP contribution in [0.4, 0.5) is 0 Å². The molecule has 5 heteroatoms. The van der Waals surface area contributed by atoms with Crippen molar-refractivity contribution < 1.29 is 9.53 Å². The third-order valence-electron chi connectivity index (χ3n) is 2.65. The van der Waals surface area contributed by atoms with Crippen molar-refractivity contribution in [2.45, 2.75) is 20.4 Å². The number of fused-ring (bicyclic) bond motifs is 1. The van der Waals surface area contributed by atoms with Crippen LogP contribution in [-0.4, -0.2) is 17.6 Å². The second kappa shape index (κ2) is 4.33. The van der Waals surface area contributed by atoms with Gasteiger partial charge in [-0.3, -0.25) is 10.2 Å². The minimum absolute atomic E-state index is 0.0965. The van der Waals surface area contributed by atoms with E-state index in [-0.39, 0.29) is 12.5 Å². The summed E-state index contributed by atoms with van der Waals surface area (Å²) in [5, 5.41) is 7.91. The Morgan fingerprint density at radius 3 is 2.82 bits per heavy atom.